The number of hydrogen-bond donors (Lipinski definition) is 1. The summed E-state index contributed by atoms with van der Waals surface area (Å²) in [5.74, 6) is 0. The van der Waals surface area contributed by atoms with E-state index in [0.717, 1.165) is 10.6 Å². The van der Waals surface area contributed by atoms with Crippen molar-refractivity contribution in [1.29, 1.82) is 0 Å². The van der Waals surface area contributed by atoms with E-state index in [1.165, 1.54) is 5.56 Å². The molecule has 66 valence electrons. The van der Waals surface area contributed by atoms with Crippen molar-refractivity contribution < 1.29 is 0 Å². The molecule has 0 fully saturated rings. The summed E-state index contributed by atoms with van der Waals surface area (Å²) in [7, 11) is 1.95. The van der Waals surface area contributed by atoms with Crippen LogP contribution in [0.1, 0.15) is 24.1 Å². The third-order valence-electron chi connectivity index (χ3n) is 2.12. The van der Waals surface area contributed by atoms with Crippen LogP contribution in [0.5, 0.6) is 0 Å². The fourth-order valence-electron chi connectivity index (χ4n) is 1.10. The van der Waals surface area contributed by atoms with Gasteiger partial charge in [-0.25, -0.2) is 0 Å². The second kappa shape index (κ2) is 3.92. The van der Waals surface area contributed by atoms with Crippen LogP contribution in [-0.2, 0) is 0 Å². The summed E-state index contributed by atoms with van der Waals surface area (Å²) >= 11 is 5.91. The van der Waals surface area contributed by atoms with Crippen molar-refractivity contribution in [2.24, 2.45) is 0 Å². The molecule has 0 heterocycles. The average molecular weight is 184 g/mol. The SMILES string of the molecule is CN[C@@H](C)c1ccc(Cl)c(C)c1. The highest BCUT2D eigenvalue weighted by molar-refractivity contribution is 6.31. The minimum Gasteiger partial charge on any atom is -0.313 e. The molecule has 1 nitrogen and oxygen atoms in total. The van der Waals surface area contributed by atoms with Gasteiger partial charge in [-0.2, -0.15) is 0 Å². The van der Waals surface area contributed by atoms with Gasteiger partial charge in [0.15, 0.2) is 0 Å². The average Bonchev–Trinajstić information content (AvgIpc) is 2.08. The van der Waals surface area contributed by atoms with Crippen LogP contribution in [0.3, 0.4) is 0 Å². The predicted molar refractivity (Wildman–Crippen MR) is 53.7 cm³/mol. The van der Waals surface area contributed by atoms with Gasteiger partial charge in [-0.1, -0.05) is 23.7 Å². The standard InChI is InChI=1S/C10H14ClN/c1-7-6-9(8(2)12-3)4-5-10(7)11/h4-6,8,12H,1-3H3/t8-/m0/s1. The molecule has 0 spiro atoms. The van der Waals surface area contributed by atoms with Crippen LogP contribution in [0.15, 0.2) is 18.2 Å². The number of aryl methyl sites for hydroxylation is 1. The Balaban J connectivity index is 2.96. The molecule has 12 heavy (non-hydrogen) atoms. The Morgan fingerprint density at radius 3 is 2.58 bits per heavy atom. The Hall–Kier alpha value is -0.530. The molecule has 1 rings (SSSR count). The molecule has 1 N–H and O–H groups in total. The highest BCUT2D eigenvalue weighted by Gasteiger charge is 2.03. The van der Waals surface area contributed by atoms with Gasteiger partial charge in [0, 0.05) is 11.1 Å². The maximum Gasteiger partial charge on any atom is 0.0435 e. The molecule has 1 atom stereocenters. The molecule has 0 radical (unpaired) electrons. The molecule has 0 saturated heterocycles. The third kappa shape index (κ3) is 1.99. The topological polar surface area (TPSA) is 12.0 Å². The molecule has 0 aromatic heterocycles. The fourth-order valence-corrected chi connectivity index (χ4v) is 1.22. The number of nitrogens with one attached hydrogen (secondary N) is 1. The lowest BCUT2D eigenvalue weighted by Gasteiger charge is -2.11. The summed E-state index contributed by atoms with van der Waals surface area (Å²) in [5, 5.41) is 4.02. The van der Waals surface area contributed by atoms with Crippen molar-refractivity contribution in [3.05, 3.63) is 34.3 Å². The smallest absolute Gasteiger partial charge is 0.0435 e. The molecule has 2 heteroatoms. The van der Waals surface area contributed by atoms with Crippen molar-refractivity contribution in [1.82, 2.24) is 5.32 Å². The third-order valence-corrected chi connectivity index (χ3v) is 2.54. The Kier molecular flexibility index (Phi) is 3.12. The Morgan fingerprint density at radius 2 is 2.08 bits per heavy atom. The van der Waals surface area contributed by atoms with E-state index in [9.17, 15) is 0 Å². The molecule has 0 bridgehead atoms. The van der Waals surface area contributed by atoms with Gasteiger partial charge in [0.25, 0.3) is 0 Å². The van der Waals surface area contributed by atoms with E-state index < -0.39 is 0 Å². The second-order valence-electron chi connectivity index (χ2n) is 3.02. The van der Waals surface area contributed by atoms with Crippen molar-refractivity contribution in [3.8, 4) is 0 Å². The van der Waals surface area contributed by atoms with E-state index in [1.807, 2.05) is 20.0 Å². The first-order chi connectivity index (χ1) is 5.65. The van der Waals surface area contributed by atoms with E-state index in [1.54, 1.807) is 0 Å². The van der Waals surface area contributed by atoms with Crippen LogP contribution in [-0.4, -0.2) is 7.05 Å². The number of hydrogen-bond acceptors (Lipinski definition) is 1. The molecule has 0 aliphatic carbocycles. The lowest BCUT2D eigenvalue weighted by atomic mass is 10.1. The van der Waals surface area contributed by atoms with Crippen LogP contribution < -0.4 is 5.32 Å². The Labute approximate surface area is 78.7 Å². The molecule has 1 aromatic rings. The molecule has 0 aliphatic rings. The summed E-state index contributed by atoms with van der Waals surface area (Å²) in [4.78, 5) is 0. The molecule has 1 aromatic carbocycles. The molecular formula is C10H14ClN. The van der Waals surface area contributed by atoms with E-state index in [2.05, 4.69) is 24.4 Å². The molecule has 0 amide bonds. The van der Waals surface area contributed by atoms with E-state index in [-0.39, 0.29) is 0 Å². The zero-order valence-electron chi connectivity index (χ0n) is 7.69. The summed E-state index contributed by atoms with van der Waals surface area (Å²) in [6, 6.07) is 6.50. The maximum atomic E-state index is 5.91. The van der Waals surface area contributed by atoms with Gasteiger partial charge in [-0.05, 0) is 38.1 Å². The second-order valence-corrected chi connectivity index (χ2v) is 3.43. The summed E-state index contributed by atoms with van der Waals surface area (Å²) in [5.41, 5.74) is 2.41. The van der Waals surface area contributed by atoms with Gasteiger partial charge < -0.3 is 5.32 Å². The number of rotatable bonds is 2. The minimum atomic E-state index is 0.390. The minimum absolute atomic E-state index is 0.390. The molecular weight excluding hydrogens is 170 g/mol. The van der Waals surface area contributed by atoms with Gasteiger partial charge >= 0.3 is 0 Å². The highest BCUT2D eigenvalue weighted by atomic mass is 35.5. The number of halogens is 1. The summed E-state index contributed by atoms with van der Waals surface area (Å²) < 4.78 is 0. The summed E-state index contributed by atoms with van der Waals surface area (Å²) in [6.45, 7) is 4.15. The highest BCUT2D eigenvalue weighted by Crippen LogP contribution is 2.20. The predicted octanol–water partition coefficient (Wildman–Crippen LogP) is 2.93. The van der Waals surface area contributed by atoms with Gasteiger partial charge in [0.2, 0.25) is 0 Å². The van der Waals surface area contributed by atoms with Crippen molar-refractivity contribution in [2.45, 2.75) is 19.9 Å². The monoisotopic (exact) mass is 183 g/mol. The van der Waals surface area contributed by atoms with Crippen LogP contribution >= 0.6 is 11.6 Å². The molecule has 0 unspecified atom stereocenters. The van der Waals surface area contributed by atoms with Crippen molar-refractivity contribution in [2.75, 3.05) is 7.05 Å². The largest absolute Gasteiger partial charge is 0.313 e. The Morgan fingerprint density at radius 1 is 1.42 bits per heavy atom. The zero-order valence-corrected chi connectivity index (χ0v) is 8.44. The van der Waals surface area contributed by atoms with Crippen LogP contribution in [0.25, 0.3) is 0 Å². The quantitative estimate of drug-likeness (QED) is 0.744. The lowest BCUT2D eigenvalue weighted by molar-refractivity contribution is 0.652. The fraction of sp³-hybridized carbons (Fsp3) is 0.400. The van der Waals surface area contributed by atoms with E-state index >= 15 is 0 Å². The summed E-state index contributed by atoms with van der Waals surface area (Å²) in [6.07, 6.45) is 0. The van der Waals surface area contributed by atoms with E-state index in [0.29, 0.717) is 6.04 Å². The lowest BCUT2D eigenvalue weighted by Crippen LogP contribution is -2.12. The molecule has 0 saturated carbocycles. The first-order valence-electron chi connectivity index (χ1n) is 4.08. The van der Waals surface area contributed by atoms with Gasteiger partial charge in [0.05, 0.1) is 0 Å². The first kappa shape index (κ1) is 9.56. The van der Waals surface area contributed by atoms with E-state index in [4.69, 9.17) is 11.6 Å². The van der Waals surface area contributed by atoms with Gasteiger partial charge in [0.1, 0.15) is 0 Å². The zero-order chi connectivity index (χ0) is 9.14. The van der Waals surface area contributed by atoms with Crippen molar-refractivity contribution in [3.63, 3.8) is 0 Å². The normalized spacial score (nSPS) is 13.0. The maximum absolute atomic E-state index is 5.91. The van der Waals surface area contributed by atoms with Gasteiger partial charge in [-0.3, -0.25) is 0 Å². The number of benzene rings is 1. The van der Waals surface area contributed by atoms with Crippen LogP contribution in [0, 0.1) is 6.92 Å². The Bertz CT molecular complexity index is 271. The first-order valence-corrected chi connectivity index (χ1v) is 4.46. The van der Waals surface area contributed by atoms with Crippen LogP contribution in [0.4, 0.5) is 0 Å². The van der Waals surface area contributed by atoms with Crippen molar-refractivity contribution >= 4 is 11.6 Å². The molecule has 0 aliphatic heterocycles. The van der Waals surface area contributed by atoms with Gasteiger partial charge in [-0.15, -0.1) is 0 Å². The van der Waals surface area contributed by atoms with Crippen LogP contribution in [0.2, 0.25) is 5.02 Å².